The number of hydrogen-bond acceptors (Lipinski definition) is 3. The predicted octanol–water partition coefficient (Wildman–Crippen LogP) is 2.59. The van der Waals surface area contributed by atoms with Gasteiger partial charge in [-0.1, -0.05) is 30.3 Å². The Kier molecular flexibility index (Phi) is 4.94. The number of carbonyl (C=O) groups excluding carboxylic acids is 2. The van der Waals surface area contributed by atoms with Gasteiger partial charge in [0.05, 0.1) is 17.4 Å². The maximum Gasteiger partial charge on any atom is 0.337 e. The maximum absolute atomic E-state index is 11.9. The third-order valence-corrected chi connectivity index (χ3v) is 3.82. The number of hydrazine groups is 1. The number of para-hydroxylation sites is 3. The van der Waals surface area contributed by atoms with Crippen molar-refractivity contribution in [1.82, 2.24) is 20.4 Å². The van der Waals surface area contributed by atoms with Gasteiger partial charge in [0, 0.05) is 18.7 Å². The topological polar surface area (TPSA) is 88.0 Å². The highest BCUT2D eigenvalue weighted by atomic mass is 16.2. The van der Waals surface area contributed by atoms with Crippen molar-refractivity contribution in [3.05, 3.63) is 60.4 Å². The highest BCUT2D eigenvalue weighted by molar-refractivity contribution is 5.91. The van der Waals surface area contributed by atoms with Gasteiger partial charge in [-0.05, 0) is 30.7 Å². The number of nitrogens with one attached hydrogen (secondary N) is 3. The maximum atomic E-state index is 11.9. The Labute approximate surface area is 145 Å². The molecule has 0 aliphatic heterocycles. The molecular formula is C18H19N5O2. The molecule has 0 bridgehead atoms. The third-order valence-electron chi connectivity index (χ3n) is 3.82. The fourth-order valence-electron chi connectivity index (χ4n) is 2.47. The number of carbonyl (C=O) groups is 2. The van der Waals surface area contributed by atoms with E-state index < -0.39 is 6.03 Å². The summed E-state index contributed by atoms with van der Waals surface area (Å²) in [7, 11) is 0. The van der Waals surface area contributed by atoms with Crippen molar-refractivity contribution >= 4 is 28.7 Å². The van der Waals surface area contributed by atoms with Gasteiger partial charge in [0.2, 0.25) is 5.91 Å². The molecule has 0 radical (unpaired) electrons. The lowest BCUT2D eigenvalue weighted by Crippen LogP contribution is -2.44. The highest BCUT2D eigenvalue weighted by Crippen LogP contribution is 2.13. The van der Waals surface area contributed by atoms with Crippen LogP contribution >= 0.6 is 0 Å². The number of urea groups is 1. The largest absolute Gasteiger partial charge is 0.337 e. The Morgan fingerprint density at radius 1 is 1.04 bits per heavy atom. The quantitative estimate of drug-likeness (QED) is 0.639. The molecular weight excluding hydrogens is 318 g/mol. The molecule has 1 aromatic heterocycles. The Hall–Kier alpha value is -3.35. The van der Waals surface area contributed by atoms with Crippen molar-refractivity contribution in [2.45, 2.75) is 19.9 Å². The van der Waals surface area contributed by atoms with E-state index >= 15 is 0 Å². The summed E-state index contributed by atoms with van der Waals surface area (Å²) in [6, 6.07) is 14.6. The van der Waals surface area contributed by atoms with Crippen LogP contribution < -0.4 is 16.2 Å². The van der Waals surface area contributed by atoms with Gasteiger partial charge in [0.1, 0.15) is 0 Å². The van der Waals surface area contributed by atoms with E-state index in [1.54, 1.807) is 12.4 Å². The van der Waals surface area contributed by atoms with E-state index in [1.165, 1.54) is 0 Å². The van der Waals surface area contributed by atoms with Crippen LogP contribution in [0, 0.1) is 6.92 Å². The first-order valence-corrected chi connectivity index (χ1v) is 7.95. The molecule has 2 aromatic carbocycles. The minimum atomic E-state index is -0.490. The van der Waals surface area contributed by atoms with Gasteiger partial charge in [-0.3, -0.25) is 10.2 Å². The number of rotatable bonds is 4. The van der Waals surface area contributed by atoms with Gasteiger partial charge in [-0.25, -0.2) is 15.2 Å². The first kappa shape index (κ1) is 16.5. The average Bonchev–Trinajstić information content (AvgIpc) is 3.03. The zero-order chi connectivity index (χ0) is 17.6. The molecule has 1 heterocycles. The normalized spacial score (nSPS) is 10.4. The van der Waals surface area contributed by atoms with E-state index in [-0.39, 0.29) is 12.3 Å². The van der Waals surface area contributed by atoms with Crippen LogP contribution in [-0.4, -0.2) is 21.5 Å². The standard InChI is InChI=1S/C18H19N5O2/c1-13-6-2-3-7-14(13)20-18(25)22-21-17(24)10-11-23-12-19-15-8-4-5-9-16(15)23/h2-9,12H,10-11H2,1H3,(H,21,24)(H2,20,22,25). The molecule has 0 fully saturated rings. The average molecular weight is 337 g/mol. The fourth-order valence-corrected chi connectivity index (χ4v) is 2.47. The van der Waals surface area contributed by atoms with Crippen LogP contribution in [0.25, 0.3) is 11.0 Å². The fraction of sp³-hybridized carbons (Fsp3) is 0.167. The van der Waals surface area contributed by atoms with Gasteiger partial charge in [-0.15, -0.1) is 0 Å². The van der Waals surface area contributed by atoms with E-state index in [4.69, 9.17) is 0 Å². The van der Waals surface area contributed by atoms with Crippen molar-refractivity contribution in [1.29, 1.82) is 0 Å². The van der Waals surface area contributed by atoms with Crippen LogP contribution in [0.2, 0.25) is 0 Å². The number of anilines is 1. The number of fused-ring (bicyclic) bond motifs is 1. The van der Waals surface area contributed by atoms with Crippen molar-refractivity contribution in [3.63, 3.8) is 0 Å². The minimum Gasteiger partial charge on any atom is -0.330 e. The minimum absolute atomic E-state index is 0.227. The molecule has 0 unspecified atom stereocenters. The van der Waals surface area contributed by atoms with Crippen LogP contribution in [0.15, 0.2) is 54.9 Å². The summed E-state index contributed by atoms with van der Waals surface area (Å²) in [6.07, 6.45) is 1.93. The number of nitrogens with zero attached hydrogens (tertiary/aromatic N) is 2. The molecule has 0 spiro atoms. The van der Waals surface area contributed by atoms with Gasteiger partial charge < -0.3 is 9.88 Å². The van der Waals surface area contributed by atoms with Gasteiger partial charge in [0.15, 0.2) is 0 Å². The molecule has 128 valence electrons. The Morgan fingerprint density at radius 3 is 2.64 bits per heavy atom. The van der Waals surface area contributed by atoms with E-state index in [0.717, 1.165) is 16.6 Å². The molecule has 3 rings (SSSR count). The lowest BCUT2D eigenvalue weighted by Gasteiger charge is -2.11. The first-order chi connectivity index (χ1) is 12.1. The van der Waals surface area contributed by atoms with E-state index in [1.807, 2.05) is 54.0 Å². The van der Waals surface area contributed by atoms with Crippen LogP contribution in [0.1, 0.15) is 12.0 Å². The lowest BCUT2D eigenvalue weighted by atomic mass is 10.2. The van der Waals surface area contributed by atoms with Crippen LogP contribution in [0.5, 0.6) is 0 Å². The molecule has 3 amide bonds. The van der Waals surface area contributed by atoms with Crippen molar-refractivity contribution in [2.24, 2.45) is 0 Å². The molecule has 3 N–H and O–H groups in total. The monoisotopic (exact) mass is 337 g/mol. The number of amides is 3. The van der Waals surface area contributed by atoms with E-state index in [9.17, 15) is 9.59 Å². The van der Waals surface area contributed by atoms with E-state index in [0.29, 0.717) is 12.2 Å². The van der Waals surface area contributed by atoms with E-state index in [2.05, 4.69) is 21.2 Å². The molecule has 25 heavy (non-hydrogen) atoms. The highest BCUT2D eigenvalue weighted by Gasteiger charge is 2.07. The SMILES string of the molecule is Cc1ccccc1NC(=O)NNC(=O)CCn1cnc2ccccc21. The van der Waals surface area contributed by atoms with Crippen LogP contribution in [-0.2, 0) is 11.3 Å². The number of benzene rings is 2. The van der Waals surface area contributed by atoms with Gasteiger partial charge in [-0.2, -0.15) is 0 Å². The predicted molar refractivity (Wildman–Crippen MR) is 95.8 cm³/mol. The zero-order valence-corrected chi connectivity index (χ0v) is 13.8. The summed E-state index contributed by atoms with van der Waals surface area (Å²) in [5.74, 6) is -0.280. The molecule has 7 nitrogen and oxygen atoms in total. The second-order valence-corrected chi connectivity index (χ2v) is 5.62. The molecule has 7 heteroatoms. The summed E-state index contributed by atoms with van der Waals surface area (Å²) in [5, 5.41) is 2.68. The third kappa shape index (κ3) is 4.14. The first-order valence-electron chi connectivity index (χ1n) is 7.95. The summed E-state index contributed by atoms with van der Waals surface area (Å²) in [4.78, 5) is 28.0. The number of imidazole rings is 1. The molecule has 0 saturated heterocycles. The molecule has 0 saturated carbocycles. The molecule has 0 aliphatic carbocycles. The molecule has 0 aliphatic rings. The molecule has 3 aromatic rings. The van der Waals surface area contributed by atoms with Crippen LogP contribution in [0.3, 0.4) is 0 Å². The van der Waals surface area contributed by atoms with Crippen LogP contribution in [0.4, 0.5) is 10.5 Å². The summed E-state index contributed by atoms with van der Waals surface area (Å²) < 4.78 is 1.91. The van der Waals surface area contributed by atoms with Crippen molar-refractivity contribution < 1.29 is 9.59 Å². The second kappa shape index (κ2) is 7.48. The Morgan fingerprint density at radius 2 is 1.80 bits per heavy atom. The van der Waals surface area contributed by atoms with Crippen molar-refractivity contribution in [2.75, 3.05) is 5.32 Å². The number of aromatic nitrogens is 2. The smallest absolute Gasteiger partial charge is 0.330 e. The number of aryl methyl sites for hydroxylation is 2. The second-order valence-electron chi connectivity index (χ2n) is 5.62. The molecule has 0 atom stereocenters. The lowest BCUT2D eigenvalue weighted by molar-refractivity contribution is -0.121. The number of hydrogen-bond donors (Lipinski definition) is 3. The Bertz CT molecular complexity index is 903. The summed E-state index contributed by atoms with van der Waals surface area (Å²) in [5.41, 5.74) is 8.24. The van der Waals surface area contributed by atoms with Gasteiger partial charge in [0.25, 0.3) is 0 Å². The summed E-state index contributed by atoms with van der Waals surface area (Å²) in [6.45, 7) is 2.37. The summed E-state index contributed by atoms with van der Waals surface area (Å²) >= 11 is 0. The zero-order valence-electron chi connectivity index (χ0n) is 13.8. The van der Waals surface area contributed by atoms with Gasteiger partial charge >= 0.3 is 6.03 Å². The van der Waals surface area contributed by atoms with Crippen molar-refractivity contribution in [3.8, 4) is 0 Å². The Balaban J connectivity index is 1.46.